The van der Waals surface area contributed by atoms with Gasteiger partial charge < -0.3 is 18.5 Å². The second kappa shape index (κ2) is 8.90. The number of oxazole rings is 1. The molecule has 0 aliphatic carbocycles. The SMILES string of the molecule is CCOc1ccc(-c2nc(Cn3ccn4nc(-c5ccc(OC)cc5)cc4c3=O)c(C)o2)cc1. The average Bonchev–Trinajstić information content (AvgIpc) is 3.46. The first-order valence-electron chi connectivity index (χ1n) is 11.0. The van der Waals surface area contributed by atoms with Crippen molar-refractivity contribution in [1.29, 1.82) is 0 Å². The molecule has 0 spiro atoms. The summed E-state index contributed by atoms with van der Waals surface area (Å²) in [5.74, 6) is 2.74. The summed E-state index contributed by atoms with van der Waals surface area (Å²) in [7, 11) is 1.63. The first kappa shape index (κ1) is 21.5. The average molecular weight is 457 g/mol. The van der Waals surface area contributed by atoms with E-state index in [1.54, 1.807) is 34.7 Å². The highest BCUT2D eigenvalue weighted by molar-refractivity contribution is 5.66. The van der Waals surface area contributed by atoms with Crippen LogP contribution in [0.5, 0.6) is 11.5 Å². The van der Waals surface area contributed by atoms with Crippen molar-refractivity contribution < 1.29 is 13.9 Å². The van der Waals surface area contributed by atoms with Gasteiger partial charge in [0.05, 0.1) is 26.0 Å². The minimum atomic E-state index is -0.153. The number of rotatable bonds is 7. The van der Waals surface area contributed by atoms with Crippen LogP contribution in [-0.2, 0) is 6.54 Å². The Labute approximate surface area is 196 Å². The Bertz CT molecular complexity index is 1500. The lowest BCUT2D eigenvalue weighted by molar-refractivity contribution is 0.340. The third-order valence-corrected chi connectivity index (χ3v) is 5.61. The van der Waals surface area contributed by atoms with Gasteiger partial charge in [0, 0.05) is 23.5 Å². The second-order valence-electron chi connectivity index (χ2n) is 7.80. The fraction of sp³-hybridized carbons (Fsp3) is 0.192. The van der Waals surface area contributed by atoms with Gasteiger partial charge in [-0.2, -0.15) is 5.10 Å². The molecule has 0 atom stereocenters. The van der Waals surface area contributed by atoms with Crippen LogP contribution >= 0.6 is 0 Å². The van der Waals surface area contributed by atoms with Gasteiger partial charge in [0.1, 0.15) is 28.5 Å². The van der Waals surface area contributed by atoms with Crippen LogP contribution in [0.25, 0.3) is 28.2 Å². The van der Waals surface area contributed by atoms with E-state index in [0.29, 0.717) is 41.7 Å². The predicted octanol–water partition coefficient (Wildman–Crippen LogP) is 4.58. The number of nitrogens with zero attached hydrogens (tertiary/aromatic N) is 4. The second-order valence-corrected chi connectivity index (χ2v) is 7.80. The Morgan fingerprint density at radius 2 is 1.68 bits per heavy atom. The Kier molecular flexibility index (Phi) is 5.63. The number of fused-ring (bicyclic) bond motifs is 1. The summed E-state index contributed by atoms with van der Waals surface area (Å²) < 4.78 is 19.8. The zero-order valence-corrected chi connectivity index (χ0v) is 19.2. The molecule has 172 valence electrons. The van der Waals surface area contributed by atoms with Crippen LogP contribution in [0.15, 0.2) is 76.2 Å². The van der Waals surface area contributed by atoms with E-state index in [-0.39, 0.29) is 5.56 Å². The van der Waals surface area contributed by atoms with Crippen molar-refractivity contribution in [2.24, 2.45) is 0 Å². The highest BCUT2D eigenvalue weighted by Crippen LogP contribution is 2.25. The third-order valence-electron chi connectivity index (χ3n) is 5.61. The molecule has 34 heavy (non-hydrogen) atoms. The Balaban J connectivity index is 1.42. The number of hydrogen-bond donors (Lipinski definition) is 0. The number of hydrogen-bond acceptors (Lipinski definition) is 6. The van der Waals surface area contributed by atoms with E-state index in [9.17, 15) is 4.79 Å². The molecule has 0 bridgehead atoms. The van der Waals surface area contributed by atoms with Crippen LogP contribution in [0.2, 0.25) is 0 Å². The number of aromatic nitrogens is 4. The Morgan fingerprint density at radius 1 is 0.971 bits per heavy atom. The van der Waals surface area contributed by atoms with Crippen LogP contribution in [0.4, 0.5) is 0 Å². The van der Waals surface area contributed by atoms with Crippen molar-refractivity contribution >= 4 is 5.52 Å². The molecule has 0 fully saturated rings. The number of ether oxygens (including phenoxy) is 2. The van der Waals surface area contributed by atoms with Crippen molar-refractivity contribution in [2.45, 2.75) is 20.4 Å². The maximum atomic E-state index is 13.2. The molecule has 0 amide bonds. The van der Waals surface area contributed by atoms with Crippen LogP contribution in [0.1, 0.15) is 18.4 Å². The molecular formula is C26H24N4O4. The lowest BCUT2D eigenvalue weighted by Crippen LogP contribution is -2.22. The minimum absolute atomic E-state index is 0.153. The number of benzene rings is 2. The molecular weight excluding hydrogens is 432 g/mol. The molecule has 3 heterocycles. The summed E-state index contributed by atoms with van der Waals surface area (Å²) in [6.45, 7) is 4.70. The minimum Gasteiger partial charge on any atom is -0.497 e. The first-order chi connectivity index (χ1) is 16.6. The summed E-state index contributed by atoms with van der Waals surface area (Å²) >= 11 is 0. The van der Waals surface area contributed by atoms with Gasteiger partial charge in [-0.25, -0.2) is 9.50 Å². The standard InChI is InChI=1S/C26H24N4O4/c1-4-33-21-11-7-19(8-12-21)25-27-23(17(2)34-25)16-29-13-14-30-24(26(29)31)15-22(28-30)18-5-9-20(32-3)10-6-18/h5-15H,4,16H2,1-3H3. The van der Waals surface area contributed by atoms with E-state index in [1.807, 2.05) is 62.4 Å². The molecule has 0 saturated heterocycles. The molecule has 0 aliphatic rings. The van der Waals surface area contributed by atoms with Crippen LogP contribution in [-0.4, -0.2) is 32.9 Å². The number of methoxy groups -OCH3 is 1. The fourth-order valence-electron chi connectivity index (χ4n) is 3.77. The van der Waals surface area contributed by atoms with E-state index in [2.05, 4.69) is 10.1 Å². The molecule has 2 aromatic carbocycles. The molecule has 8 heteroatoms. The van der Waals surface area contributed by atoms with Crippen LogP contribution in [0.3, 0.4) is 0 Å². The zero-order chi connectivity index (χ0) is 23.7. The quantitative estimate of drug-likeness (QED) is 0.356. The summed E-state index contributed by atoms with van der Waals surface area (Å²) in [5.41, 5.74) is 3.50. The van der Waals surface area contributed by atoms with E-state index in [1.165, 1.54) is 0 Å². The highest BCUT2D eigenvalue weighted by atomic mass is 16.5. The molecule has 5 rings (SSSR count). The Morgan fingerprint density at radius 3 is 2.38 bits per heavy atom. The van der Waals surface area contributed by atoms with Gasteiger partial charge in [-0.3, -0.25) is 4.79 Å². The molecule has 0 unspecified atom stereocenters. The van der Waals surface area contributed by atoms with E-state index in [0.717, 1.165) is 22.6 Å². The van der Waals surface area contributed by atoms with Gasteiger partial charge in [0.2, 0.25) is 5.89 Å². The summed E-state index contributed by atoms with van der Waals surface area (Å²) in [6.07, 6.45) is 3.48. The van der Waals surface area contributed by atoms with Gasteiger partial charge in [-0.05, 0) is 68.4 Å². The third kappa shape index (κ3) is 4.05. The monoisotopic (exact) mass is 456 g/mol. The molecule has 0 radical (unpaired) electrons. The summed E-state index contributed by atoms with van der Waals surface area (Å²) in [5, 5.41) is 4.55. The maximum absolute atomic E-state index is 13.2. The molecule has 0 saturated carbocycles. The molecule has 0 aliphatic heterocycles. The van der Waals surface area contributed by atoms with Gasteiger partial charge >= 0.3 is 0 Å². The zero-order valence-electron chi connectivity index (χ0n) is 19.2. The Hall–Kier alpha value is -4.33. The molecule has 3 aromatic heterocycles. The first-order valence-corrected chi connectivity index (χ1v) is 11.0. The van der Waals surface area contributed by atoms with Crippen molar-refractivity contribution in [1.82, 2.24) is 19.2 Å². The molecule has 5 aromatic rings. The topological polar surface area (TPSA) is 83.8 Å². The van der Waals surface area contributed by atoms with Crippen molar-refractivity contribution in [3.8, 4) is 34.2 Å². The van der Waals surface area contributed by atoms with Gasteiger partial charge in [0.15, 0.2) is 0 Å². The van der Waals surface area contributed by atoms with Gasteiger partial charge in [-0.1, -0.05) is 0 Å². The molecule has 8 nitrogen and oxygen atoms in total. The smallest absolute Gasteiger partial charge is 0.276 e. The summed E-state index contributed by atoms with van der Waals surface area (Å²) in [6, 6.07) is 17.0. The largest absolute Gasteiger partial charge is 0.497 e. The van der Waals surface area contributed by atoms with Crippen LogP contribution < -0.4 is 15.0 Å². The van der Waals surface area contributed by atoms with Gasteiger partial charge in [0.25, 0.3) is 5.56 Å². The van der Waals surface area contributed by atoms with E-state index in [4.69, 9.17) is 13.9 Å². The summed E-state index contributed by atoms with van der Waals surface area (Å²) in [4.78, 5) is 17.8. The fourth-order valence-corrected chi connectivity index (χ4v) is 3.77. The number of aryl methyl sites for hydroxylation is 1. The highest BCUT2D eigenvalue weighted by Gasteiger charge is 2.15. The van der Waals surface area contributed by atoms with Crippen molar-refractivity contribution in [2.75, 3.05) is 13.7 Å². The van der Waals surface area contributed by atoms with Crippen molar-refractivity contribution in [3.05, 3.63) is 88.8 Å². The van der Waals surface area contributed by atoms with Gasteiger partial charge in [-0.15, -0.1) is 0 Å². The lowest BCUT2D eigenvalue weighted by atomic mass is 10.1. The van der Waals surface area contributed by atoms with Crippen LogP contribution in [0, 0.1) is 6.92 Å². The molecule has 0 N–H and O–H groups in total. The van der Waals surface area contributed by atoms with Crippen molar-refractivity contribution in [3.63, 3.8) is 0 Å². The van der Waals surface area contributed by atoms with E-state index < -0.39 is 0 Å². The predicted molar refractivity (Wildman–Crippen MR) is 128 cm³/mol. The van der Waals surface area contributed by atoms with E-state index >= 15 is 0 Å². The maximum Gasteiger partial charge on any atom is 0.276 e. The lowest BCUT2D eigenvalue weighted by Gasteiger charge is -2.04. The normalized spacial score (nSPS) is 11.1.